The van der Waals surface area contributed by atoms with Gasteiger partial charge in [0.25, 0.3) is 0 Å². The molecule has 1 N–H and O–H groups in total. The number of piperidine rings is 1. The molecule has 4 rings (SSSR count). The van der Waals surface area contributed by atoms with Gasteiger partial charge in [0, 0.05) is 32.1 Å². The molecule has 0 radical (unpaired) electrons. The third kappa shape index (κ3) is 3.83. The lowest BCUT2D eigenvalue weighted by atomic mass is 9.86. The summed E-state index contributed by atoms with van der Waals surface area (Å²) in [6.07, 6.45) is 8.47. The lowest BCUT2D eigenvalue weighted by Gasteiger charge is -2.32. The van der Waals surface area contributed by atoms with E-state index in [2.05, 4.69) is 40.5 Å². The topological polar surface area (TPSA) is 32.3 Å². The molecule has 3 heteroatoms. The minimum Gasteiger partial charge on any atom is -0.353 e. The summed E-state index contributed by atoms with van der Waals surface area (Å²) in [7, 11) is 0. The van der Waals surface area contributed by atoms with E-state index in [0.29, 0.717) is 17.9 Å². The predicted molar refractivity (Wildman–Crippen MR) is 96.4 cm³/mol. The fourth-order valence-electron chi connectivity index (χ4n) is 5.23. The number of rotatable bonds is 5. The number of fused-ring (bicyclic) bond motifs is 2. The van der Waals surface area contributed by atoms with Crippen LogP contribution in [0, 0.1) is 17.8 Å². The lowest BCUT2D eigenvalue weighted by Crippen LogP contribution is -2.44. The third-order valence-corrected chi connectivity index (χ3v) is 6.53. The van der Waals surface area contributed by atoms with Gasteiger partial charge in [-0.2, -0.15) is 0 Å². The maximum absolute atomic E-state index is 12.4. The van der Waals surface area contributed by atoms with Crippen molar-refractivity contribution in [3.63, 3.8) is 0 Å². The fraction of sp³-hybridized carbons (Fsp3) is 0.667. The molecule has 3 nitrogen and oxygen atoms in total. The SMILES string of the molecule is O=C(C[C@@H]1C[C@H]2CC[C@@H]1C2)NC1CCN(Cc2ccccc2)CC1. The minimum absolute atomic E-state index is 0.314. The van der Waals surface area contributed by atoms with E-state index in [9.17, 15) is 4.79 Å². The largest absolute Gasteiger partial charge is 0.353 e. The van der Waals surface area contributed by atoms with Gasteiger partial charge in [0.1, 0.15) is 0 Å². The zero-order chi connectivity index (χ0) is 16.4. The smallest absolute Gasteiger partial charge is 0.220 e. The van der Waals surface area contributed by atoms with Crippen LogP contribution >= 0.6 is 0 Å². The number of carbonyl (C=O) groups excluding carboxylic acids is 1. The molecule has 0 unspecified atom stereocenters. The summed E-state index contributed by atoms with van der Waals surface area (Å²) in [5, 5.41) is 3.32. The quantitative estimate of drug-likeness (QED) is 0.897. The first-order chi connectivity index (χ1) is 11.8. The van der Waals surface area contributed by atoms with Gasteiger partial charge in [-0.15, -0.1) is 0 Å². The summed E-state index contributed by atoms with van der Waals surface area (Å²) in [4.78, 5) is 14.9. The molecule has 1 aromatic rings. The number of likely N-dealkylation sites (tertiary alicyclic amines) is 1. The molecule has 0 aromatic heterocycles. The Kier molecular flexibility index (Phi) is 4.88. The number of hydrogen-bond acceptors (Lipinski definition) is 2. The van der Waals surface area contributed by atoms with Gasteiger partial charge in [0.2, 0.25) is 5.91 Å². The van der Waals surface area contributed by atoms with Crippen molar-refractivity contribution >= 4 is 5.91 Å². The normalized spacial score (nSPS) is 30.6. The predicted octanol–water partition coefficient (Wildman–Crippen LogP) is 3.59. The minimum atomic E-state index is 0.314. The summed E-state index contributed by atoms with van der Waals surface area (Å²) in [5.41, 5.74) is 1.39. The highest BCUT2D eigenvalue weighted by Crippen LogP contribution is 2.49. The molecule has 2 bridgehead atoms. The molecule has 2 aliphatic carbocycles. The number of nitrogens with one attached hydrogen (secondary N) is 1. The second-order valence-corrected chi connectivity index (χ2v) is 8.24. The van der Waals surface area contributed by atoms with Gasteiger partial charge in [-0.25, -0.2) is 0 Å². The molecular weight excluding hydrogens is 296 g/mol. The maximum atomic E-state index is 12.4. The fourth-order valence-corrected chi connectivity index (χ4v) is 5.23. The zero-order valence-electron chi connectivity index (χ0n) is 14.6. The Hall–Kier alpha value is -1.35. The molecule has 2 saturated carbocycles. The van der Waals surface area contributed by atoms with Crippen molar-refractivity contribution in [3.05, 3.63) is 35.9 Å². The summed E-state index contributed by atoms with van der Waals surface area (Å²) in [6.45, 7) is 3.22. The van der Waals surface area contributed by atoms with Gasteiger partial charge < -0.3 is 5.32 Å². The number of carbonyl (C=O) groups is 1. The van der Waals surface area contributed by atoms with E-state index >= 15 is 0 Å². The molecule has 0 spiro atoms. The first-order valence-electron chi connectivity index (χ1n) is 9.82. The lowest BCUT2D eigenvalue weighted by molar-refractivity contribution is -0.123. The summed E-state index contributed by atoms with van der Waals surface area (Å²) < 4.78 is 0. The van der Waals surface area contributed by atoms with Crippen LogP contribution in [-0.2, 0) is 11.3 Å². The summed E-state index contributed by atoms with van der Waals surface area (Å²) >= 11 is 0. The van der Waals surface area contributed by atoms with Crippen molar-refractivity contribution < 1.29 is 4.79 Å². The van der Waals surface area contributed by atoms with Crippen LogP contribution < -0.4 is 5.32 Å². The first kappa shape index (κ1) is 16.1. The van der Waals surface area contributed by atoms with Crippen LogP contribution in [0.2, 0.25) is 0 Å². The Morgan fingerprint density at radius 3 is 2.50 bits per heavy atom. The van der Waals surface area contributed by atoms with Gasteiger partial charge in [-0.3, -0.25) is 9.69 Å². The van der Waals surface area contributed by atoms with Crippen LogP contribution in [0.1, 0.15) is 50.5 Å². The van der Waals surface area contributed by atoms with Crippen LogP contribution in [-0.4, -0.2) is 29.9 Å². The van der Waals surface area contributed by atoms with Gasteiger partial charge in [0.15, 0.2) is 0 Å². The molecule has 1 heterocycles. The van der Waals surface area contributed by atoms with E-state index in [4.69, 9.17) is 0 Å². The maximum Gasteiger partial charge on any atom is 0.220 e. The Morgan fingerprint density at radius 1 is 1.04 bits per heavy atom. The van der Waals surface area contributed by atoms with Crippen molar-refractivity contribution in [1.29, 1.82) is 0 Å². The average Bonchev–Trinajstić information content (AvgIpc) is 3.20. The van der Waals surface area contributed by atoms with Crippen LogP contribution in [0.4, 0.5) is 0 Å². The van der Waals surface area contributed by atoms with E-state index in [-0.39, 0.29) is 0 Å². The molecular formula is C21H30N2O. The third-order valence-electron chi connectivity index (χ3n) is 6.53. The number of benzene rings is 1. The second kappa shape index (κ2) is 7.26. The first-order valence-corrected chi connectivity index (χ1v) is 9.82. The highest BCUT2D eigenvalue weighted by Gasteiger charge is 2.40. The van der Waals surface area contributed by atoms with Gasteiger partial charge in [-0.05, 0) is 55.4 Å². The van der Waals surface area contributed by atoms with Crippen molar-refractivity contribution in [2.75, 3.05) is 13.1 Å². The Balaban J connectivity index is 1.18. The van der Waals surface area contributed by atoms with Gasteiger partial charge in [-0.1, -0.05) is 36.8 Å². The molecule has 3 aliphatic rings. The molecule has 1 aliphatic heterocycles. The summed E-state index contributed by atoms with van der Waals surface area (Å²) in [5.74, 6) is 2.79. The molecule has 1 aromatic carbocycles. The number of hydrogen-bond donors (Lipinski definition) is 1. The zero-order valence-corrected chi connectivity index (χ0v) is 14.6. The van der Waals surface area contributed by atoms with Crippen molar-refractivity contribution in [1.82, 2.24) is 10.2 Å². The van der Waals surface area contributed by atoms with Crippen molar-refractivity contribution in [2.45, 2.75) is 57.5 Å². The summed E-state index contributed by atoms with van der Waals surface area (Å²) in [6, 6.07) is 11.1. The highest BCUT2D eigenvalue weighted by molar-refractivity contribution is 5.76. The molecule has 24 heavy (non-hydrogen) atoms. The molecule has 3 atom stereocenters. The van der Waals surface area contributed by atoms with Crippen LogP contribution in [0.5, 0.6) is 0 Å². The van der Waals surface area contributed by atoms with E-state index < -0.39 is 0 Å². The molecule has 1 amide bonds. The average molecular weight is 326 g/mol. The van der Waals surface area contributed by atoms with Crippen LogP contribution in [0.15, 0.2) is 30.3 Å². The van der Waals surface area contributed by atoms with E-state index in [1.165, 1.54) is 31.2 Å². The van der Waals surface area contributed by atoms with E-state index in [1.807, 2.05) is 0 Å². The highest BCUT2D eigenvalue weighted by atomic mass is 16.1. The van der Waals surface area contributed by atoms with Crippen LogP contribution in [0.3, 0.4) is 0 Å². The Labute approximate surface area is 145 Å². The Bertz CT molecular complexity index is 550. The number of nitrogens with zero attached hydrogens (tertiary/aromatic N) is 1. The van der Waals surface area contributed by atoms with Crippen molar-refractivity contribution in [3.8, 4) is 0 Å². The standard InChI is InChI=1S/C21H30N2O/c24-21(14-19-13-17-6-7-18(19)12-17)22-20-8-10-23(11-9-20)15-16-4-2-1-3-5-16/h1-5,17-20H,6-15H2,(H,22,24)/t17-,18+,19-/m0/s1. The molecule has 1 saturated heterocycles. The molecule has 3 fully saturated rings. The Morgan fingerprint density at radius 2 is 1.83 bits per heavy atom. The van der Waals surface area contributed by atoms with Gasteiger partial charge >= 0.3 is 0 Å². The van der Waals surface area contributed by atoms with E-state index in [0.717, 1.165) is 50.7 Å². The monoisotopic (exact) mass is 326 g/mol. The second-order valence-electron chi connectivity index (χ2n) is 8.24. The van der Waals surface area contributed by atoms with Crippen LogP contribution in [0.25, 0.3) is 0 Å². The van der Waals surface area contributed by atoms with Crippen molar-refractivity contribution in [2.24, 2.45) is 17.8 Å². The number of amides is 1. The molecule has 130 valence electrons. The van der Waals surface area contributed by atoms with Gasteiger partial charge in [0.05, 0.1) is 0 Å². The van der Waals surface area contributed by atoms with E-state index in [1.54, 1.807) is 0 Å².